The van der Waals surface area contributed by atoms with Crippen LogP contribution in [0.4, 0.5) is 0 Å². The summed E-state index contributed by atoms with van der Waals surface area (Å²) in [6.45, 7) is 5.65. The Labute approximate surface area is 154 Å². The van der Waals surface area contributed by atoms with Crippen LogP contribution >= 0.6 is 0 Å². The average molecular weight is 354 g/mol. The first kappa shape index (κ1) is 17.4. The van der Waals surface area contributed by atoms with Crippen LogP contribution in [-0.2, 0) is 9.47 Å². The van der Waals surface area contributed by atoms with E-state index >= 15 is 0 Å². The number of rotatable bonds is 4. The summed E-state index contributed by atoms with van der Waals surface area (Å²) in [5, 5.41) is 0.998. The SMILES string of the molecule is CCOC[C@]12CCCO[C@H]1CCN(C(=O)c1ccc3ncccc3c1)C2. The normalized spacial score (nSPS) is 25.9. The van der Waals surface area contributed by atoms with Crippen molar-refractivity contribution < 1.29 is 14.3 Å². The fourth-order valence-corrected chi connectivity index (χ4v) is 4.37. The Morgan fingerprint density at radius 2 is 2.35 bits per heavy atom. The molecule has 0 spiro atoms. The highest BCUT2D eigenvalue weighted by Crippen LogP contribution is 2.40. The molecule has 2 aliphatic rings. The molecule has 26 heavy (non-hydrogen) atoms. The summed E-state index contributed by atoms with van der Waals surface area (Å²) in [6.07, 6.45) is 4.95. The summed E-state index contributed by atoms with van der Waals surface area (Å²) < 4.78 is 11.8. The van der Waals surface area contributed by atoms with Crippen LogP contribution in [0, 0.1) is 5.41 Å². The number of fused-ring (bicyclic) bond motifs is 2. The second-order valence-corrected chi connectivity index (χ2v) is 7.39. The first-order valence-corrected chi connectivity index (χ1v) is 9.55. The third kappa shape index (κ3) is 3.21. The van der Waals surface area contributed by atoms with E-state index in [1.165, 1.54) is 0 Å². The van der Waals surface area contributed by atoms with Gasteiger partial charge in [-0.25, -0.2) is 0 Å². The topological polar surface area (TPSA) is 51.7 Å². The minimum Gasteiger partial charge on any atom is -0.381 e. The van der Waals surface area contributed by atoms with Gasteiger partial charge in [0.05, 0.1) is 18.2 Å². The van der Waals surface area contributed by atoms with Crippen LogP contribution in [0.3, 0.4) is 0 Å². The van der Waals surface area contributed by atoms with Crippen molar-refractivity contribution in [3.8, 4) is 0 Å². The second-order valence-electron chi connectivity index (χ2n) is 7.39. The number of benzene rings is 1. The lowest BCUT2D eigenvalue weighted by atomic mass is 9.73. The predicted octanol–water partition coefficient (Wildman–Crippen LogP) is 3.28. The van der Waals surface area contributed by atoms with Gasteiger partial charge in [0.1, 0.15) is 0 Å². The van der Waals surface area contributed by atoms with E-state index in [0.29, 0.717) is 19.8 Å². The predicted molar refractivity (Wildman–Crippen MR) is 100 cm³/mol. The van der Waals surface area contributed by atoms with Gasteiger partial charge in [-0.15, -0.1) is 0 Å². The van der Waals surface area contributed by atoms with Crippen molar-refractivity contribution >= 4 is 16.8 Å². The molecule has 0 bridgehead atoms. The van der Waals surface area contributed by atoms with E-state index in [1.54, 1.807) is 6.20 Å². The Balaban J connectivity index is 1.57. The van der Waals surface area contributed by atoms with Gasteiger partial charge in [0.15, 0.2) is 0 Å². The highest BCUT2D eigenvalue weighted by atomic mass is 16.5. The van der Waals surface area contributed by atoms with Gasteiger partial charge in [0, 0.05) is 48.9 Å². The van der Waals surface area contributed by atoms with Crippen LogP contribution in [0.5, 0.6) is 0 Å². The molecule has 5 heteroatoms. The van der Waals surface area contributed by atoms with Crippen LogP contribution in [0.15, 0.2) is 36.5 Å². The zero-order chi connectivity index (χ0) is 18.0. The van der Waals surface area contributed by atoms with E-state index in [1.807, 2.05) is 42.2 Å². The van der Waals surface area contributed by atoms with Crippen LogP contribution in [0.1, 0.15) is 36.5 Å². The third-order valence-electron chi connectivity index (χ3n) is 5.72. The lowest BCUT2D eigenvalue weighted by molar-refractivity contribution is -0.146. The molecule has 0 unspecified atom stereocenters. The Bertz CT molecular complexity index is 794. The fourth-order valence-electron chi connectivity index (χ4n) is 4.37. The summed E-state index contributed by atoms with van der Waals surface area (Å²) in [6, 6.07) is 9.66. The van der Waals surface area contributed by atoms with E-state index in [2.05, 4.69) is 4.98 Å². The Hall–Kier alpha value is -1.98. The quantitative estimate of drug-likeness (QED) is 0.845. The number of likely N-dealkylation sites (tertiary alicyclic amines) is 1. The number of carbonyl (C=O) groups is 1. The molecule has 2 saturated heterocycles. The summed E-state index contributed by atoms with van der Waals surface area (Å²) in [5.41, 5.74) is 1.57. The van der Waals surface area contributed by atoms with Gasteiger partial charge in [-0.05, 0) is 50.5 Å². The molecule has 2 aliphatic heterocycles. The maximum Gasteiger partial charge on any atom is 0.253 e. The molecule has 0 aliphatic carbocycles. The average Bonchev–Trinajstić information content (AvgIpc) is 2.71. The number of aromatic nitrogens is 1. The Morgan fingerprint density at radius 1 is 1.42 bits per heavy atom. The molecule has 2 aromatic rings. The van der Waals surface area contributed by atoms with Gasteiger partial charge in [-0.3, -0.25) is 9.78 Å². The zero-order valence-corrected chi connectivity index (χ0v) is 15.3. The molecule has 2 fully saturated rings. The first-order valence-electron chi connectivity index (χ1n) is 9.55. The molecule has 3 heterocycles. The smallest absolute Gasteiger partial charge is 0.253 e. The number of carbonyl (C=O) groups excluding carboxylic acids is 1. The van der Waals surface area contributed by atoms with E-state index < -0.39 is 0 Å². The van der Waals surface area contributed by atoms with Crippen molar-refractivity contribution in [1.29, 1.82) is 0 Å². The lowest BCUT2D eigenvalue weighted by Crippen LogP contribution is -2.58. The molecule has 1 amide bonds. The summed E-state index contributed by atoms with van der Waals surface area (Å²) in [5.74, 6) is 0.0932. The van der Waals surface area contributed by atoms with Crippen molar-refractivity contribution in [3.05, 3.63) is 42.1 Å². The van der Waals surface area contributed by atoms with E-state index in [9.17, 15) is 4.79 Å². The lowest BCUT2D eigenvalue weighted by Gasteiger charge is -2.50. The number of piperidine rings is 1. The van der Waals surface area contributed by atoms with Crippen molar-refractivity contribution in [2.45, 2.75) is 32.3 Å². The Morgan fingerprint density at radius 3 is 3.23 bits per heavy atom. The number of nitrogens with zero attached hydrogens (tertiary/aromatic N) is 2. The molecule has 1 aromatic heterocycles. The maximum atomic E-state index is 13.2. The number of pyridine rings is 1. The van der Waals surface area contributed by atoms with Crippen LogP contribution in [0.25, 0.3) is 10.9 Å². The van der Waals surface area contributed by atoms with E-state index in [4.69, 9.17) is 9.47 Å². The van der Waals surface area contributed by atoms with Gasteiger partial charge < -0.3 is 14.4 Å². The standard InChI is InChI=1S/C21H26N2O3/c1-2-25-15-21-9-4-12-26-19(21)8-11-23(14-21)20(24)17-6-7-18-16(13-17)5-3-10-22-18/h3,5-7,10,13,19H,2,4,8-9,11-12,14-15H2,1H3/t19-,21+/m0/s1. The van der Waals surface area contributed by atoms with Crippen molar-refractivity contribution in [1.82, 2.24) is 9.88 Å². The largest absolute Gasteiger partial charge is 0.381 e. The summed E-state index contributed by atoms with van der Waals surface area (Å²) >= 11 is 0. The molecule has 5 nitrogen and oxygen atoms in total. The first-order chi connectivity index (χ1) is 12.7. The van der Waals surface area contributed by atoms with Gasteiger partial charge in [-0.2, -0.15) is 0 Å². The number of hydrogen-bond donors (Lipinski definition) is 0. The highest BCUT2D eigenvalue weighted by molar-refractivity contribution is 5.98. The zero-order valence-electron chi connectivity index (χ0n) is 15.3. The molecule has 1 aromatic carbocycles. The molecule has 0 radical (unpaired) electrons. The highest BCUT2D eigenvalue weighted by Gasteiger charge is 2.47. The third-order valence-corrected chi connectivity index (χ3v) is 5.72. The number of amides is 1. The van der Waals surface area contributed by atoms with Crippen LogP contribution in [0.2, 0.25) is 0 Å². The molecule has 2 atom stereocenters. The molecule has 4 rings (SSSR count). The van der Waals surface area contributed by atoms with Gasteiger partial charge in [-0.1, -0.05) is 6.07 Å². The van der Waals surface area contributed by atoms with E-state index in [0.717, 1.165) is 48.9 Å². The minimum atomic E-state index is -0.0689. The molecule has 138 valence electrons. The monoisotopic (exact) mass is 354 g/mol. The Kier molecular flexibility index (Phi) is 4.92. The van der Waals surface area contributed by atoms with Gasteiger partial charge >= 0.3 is 0 Å². The summed E-state index contributed by atoms with van der Waals surface area (Å²) in [4.78, 5) is 19.5. The van der Waals surface area contributed by atoms with Gasteiger partial charge in [0.25, 0.3) is 5.91 Å². The van der Waals surface area contributed by atoms with Gasteiger partial charge in [0.2, 0.25) is 0 Å². The number of hydrogen-bond acceptors (Lipinski definition) is 4. The molecular formula is C21H26N2O3. The second kappa shape index (κ2) is 7.33. The van der Waals surface area contributed by atoms with E-state index in [-0.39, 0.29) is 17.4 Å². The van der Waals surface area contributed by atoms with Crippen LogP contribution < -0.4 is 0 Å². The fraction of sp³-hybridized carbons (Fsp3) is 0.524. The van der Waals surface area contributed by atoms with Crippen molar-refractivity contribution in [3.63, 3.8) is 0 Å². The van der Waals surface area contributed by atoms with Crippen molar-refractivity contribution in [2.75, 3.05) is 32.9 Å². The number of ether oxygens (including phenoxy) is 2. The molecular weight excluding hydrogens is 328 g/mol. The molecule has 0 N–H and O–H groups in total. The summed E-state index contributed by atoms with van der Waals surface area (Å²) in [7, 11) is 0. The van der Waals surface area contributed by atoms with Crippen molar-refractivity contribution in [2.24, 2.45) is 5.41 Å². The maximum absolute atomic E-state index is 13.2. The van der Waals surface area contributed by atoms with Crippen LogP contribution in [-0.4, -0.2) is 54.8 Å². The minimum absolute atomic E-state index is 0.0689. The molecule has 0 saturated carbocycles.